The van der Waals surface area contributed by atoms with Crippen LogP contribution in [0.2, 0.25) is 0 Å². The van der Waals surface area contributed by atoms with Gasteiger partial charge in [0.25, 0.3) is 5.91 Å². The highest BCUT2D eigenvalue weighted by Gasteiger charge is 2.17. The lowest BCUT2D eigenvalue weighted by Gasteiger charge is -2.11. The van der Waals surface area contributed by atoms with E-state index in [1.807, 2.05) is 72.5 Å². The van der Waals surface area contributed by atoms with Crippen LogP contribution in [0.5, 0.6) is 0 Å². The molecule has 4 aromatic rings. The van der Waals surface area contributed by atoms with Gasteiger partial charge in [0, 0.05) is 54.2 Å². The van der Waals surface area contributed by atoms with Crippen LogP contribution in [0, 0.1) is 6.92 Å². The molecule has 0 fully saturated rings. The number of amides is 1. The molecule has 1 N–H and O–H groups in total. The van der Waals surface area contributed by atoms with E-state index in [2.05, 4.69) is 28.7 Å². The molecule has 4 rings (SSSR count). The minimum atomic E-state index is -0.0833. The van der Waals surface area contributed by atoms with Gasteiger partial charge in [-0.25, -0.2) is 4.68 Å². The number of pyridine rings is 1. The Morgan fingerprint density at radius 3 is 2.47 bits per heavy atom. The van der Waals surface area contributed by atoms with E-state index in [4.69, 9.17) is 5.10 Å². The van der Waals surface area contributed by atoms with E-state index in [0.717, 1.165) is 28.2 Å². The van der Waals surface area contributed by atoms with Crippen molar-refractivity contribution in [3.8, 4) is 16.9 Å². The Labute approximate surface area is 176 Å². The second kappa shape index (κ2) is 8.37. The molecule has 0 aliphatic carbocycles. The fourth-order valence-corrected chi connectivity index (χ4v) is 3.60. The molecular formula is C24H25N5O. The maximum absolute atomic E-state index is 12.8. The van der Waals surface area contributed by atoms with Gasteiger partial charge in [-0.2, -0.15) is 5.10 Å². The first kappa shape index (κ1) is 19.6. The molecule has 0 spiro atoms. The lowest BCUT2D eigenvalue weighted by atomic mass is 10.1. The molecule has 0 aliphatic rings. The number of nitrogens with one attached hydrogen (secondary N) is 1. The number of nitrogens with zero attached hydrogens (tertiary/aromatic N) is 4. The summed E-state index contributed by atoms with van der Waals surface area (Å²) >= 11 is 0. The van der Waals surface area contributed by atoms with Crippen LogP contribution in [0.1, 0.15) is 41.5 Å². The van der Waals surface area contributed by atoms with Gasteiger partial charge in [0.05, 0.1) is 16.9 Å². The third-order valence-corrected chi connectivity index (χ3v) is 5.18. The zero-order valence-corrected chi connectivity index (χ0v) is 17.4. The van der Waals surface area contributed by atoms with E-state index in [1.165, 1.54) is 0 Å². The Balaban J connectivity index is 1.62. The monoisotopic (exact) mass is 399 g/mol. The lowest BCUT2D eigenvalue weighted by molar-refractivity contribution is 0.0950. The van der Waals surface area contributed by atoms with Crippen LogP contribution in [0.4, 0.5) is 0 Å². The van der Waals surface area contributed by atoms with Gasteiger partial charge in [0.1, 0.15) is 0 Å². The van der Waals surface area contributed by atoms with Gasteiger partial charge < -0.3 is 9.88 Å². The van der Waals surface area contributed by atoms with Crippen LogP contribution in [-0.4, -0.2) is 25.2 Å². The van der Waals surface area contributed by atoms with E-state index in [-0.39, 0.29) is 5.91 Å². The minimum Gasteiger partial charge on any atom is -0.348 e. The molecule has 0 aliphatic heterocycles. The highest BCUT2D eigenvalue weighted by Crippen LogP contribution is 2.23. The number of hydrogen-bond acceptors (Lipinski definition) is 3. The Hall–Kier alpha value is -3.67. The van der Waals surface area contributed by atoms with Crippen molar-refractivity contribution in [2.24, 2.45) is 0 Å². The summed E-state index contributed by atoms with van der Waals surface area (Å²) in [5.74, 6) is -0.0833. The van der Waals surface area contributed by atoms with Crippen molar-refractivity contribution in [2.45, 2.75) is 33.4 Å². The van der Waals surface area contributed by atoms with Crippen LogP contribution in [0.25, 0.3) is 16.9 Å². The zero-order chi connectivity index (χ0) is 21.1. The minimum absolute atomic E-state index is 0.0833. The molecule has 0 atom stereocenters. The number of carbonyl (C=O) groups is 1. The summed E-state index contributed by atoms with van der Waals surface area (Å²) in [5.41, 5.74) is 5.38. The number of benzene rings is 1. The standard InChI is InChI=1S/C24H25N5O/c1-17(2)28-14-11-22(18(28)3)24(30)26-15-20-16-29(21-7-5-4-6-8-21)27-23(20)19-9-12-25-13-10-19/h4-14,16-17H,15H2,1-3H3,(H,26,30). The first-order valence-electron chi connectivity index (χ1n) is 10.0. The number of carbonyl (C=O) groups excluding carboxylic acids is 1. The molecular weight excluding hydrogens is 374 g/mol. The Morgan fingerprint density at radius 2 is 1.80 bits per heavy atom. The molecule has 0 bridgehead atoms. The van der Waals surface area contributed by atoms with Gasteiger partial charge >= 0.3 is 0 Å². The zero-order valence-electron chi connectivity index (χ0n) is 17.4. The second-order valence-electron chi connectivity index (χ2n) is 7.52. The van der Waals surface area contributed by atoms with Crippen LogP contribution < -0.4 is 5.32 Å². The maximum atomic E-state index is 12.8. The second-order valence-corrected chi connectivity index (χ2v) is 7.52. The first-order valence-corrected chi connectivity index (χ1v) is 10.0. The summed E-state index contributed by atoms with van der Waals surface area (Å²) < 4.78 is 3.95. The Kier molecular flexibility index (Phi) is 5.48. The first-order chi connectivity index (χ1) is 14.5. The van der Waals surface area contributed by atoms with Crippen molar-refractivity contribution in [1.82, 2.24) is 24.6 Å². The summed E-state index contributed by atoms with van der Waals surface area (Å²) in [5, 5.41) is 7.84. The van der Waals surface area contributed by atoms with E-state index in [0.29, 0.717) is 18.2 Å². The Morgan fingerprint density at radius 1 is 1.07 bits per heavy atom. The predicted octanol–water partition coefficient (Wildman–Crippen LogP) is 4.56. The average Bonchev–Trinajstić information content (AvgIpc) is 3.37. The summed E-state index contributed by atoms with van der Waals surface area (Å²) in [4.78, 5) is 16.9. The number of rotatable bonds is 6. The molecule has 3 aromatic heterocycles. The molecule has 0 unspecified atom stereocenters. The van der Waals surface area contributed by atoms with Crippen molar-refractivity contribution in [1.29, 1.82) is 0 Å². The topological polar surface area (TPSA) is 64.7 Å². The molecule has 0 radical (unpaired) electrons. The third kappa shape index (κ3) is 3.89. The van der Waals surface area contributed by atoms with E-state index < -0.39 is 0 Å². The highest BCUT2D eigenvalue weighted by molar-refractivity contribution is 5.95. The molecule has 6 heteroatoms. The van der Waals surface area contributed by atoms with Crippen molar-refractivity contribution < 1.29 is 4.79 Å². The van der Waals surface area contributed by atoms with Crippen molar-refractivity contribution in [3.63, 3.8) is 0 Å². The molecule has 3 heterocycles. The van der Waals surface area contributed by atoms with Gasteiger partial charge in [-0.15, -0.1) is 0 Å². The molecule has 6 nitrogen and oxygen atoms in total. The fourth-order valence-electron chi connectivity index (χ4n) is 3.60. The molecule has 0 saturated carbocycles. The third-order valence-electron chi connectivity index (χ3n) is 5.18. The lowest BCUT2D eigenvalue weighted by Crippen LogP contribution is -2.23. The van der Waals surface area contributed by atoms with Crippen LogP contribution >= 0.6 is 0 Å². The summed E-state index contributed by atoms with van der Waals surface area (Å²) in [6.07, 6.45) is 7.43. The largest absolute Gasteiger partial charge is 0.348 e. The number of aromatic nitrogens is 4. The van der Waals surface area contributed by atoms with Crippen molar-refractivity contribution in [3.05, 3.63) is 90.1 Å². The van der Waals surface area contributed by atoms with E-state index in [9.17, 15) is 4.79 Å². The average molecular weight is 399 g/mol. The van der Waals surface area contributed by atoms with Crippen LogP contribution in [-0.2, 0) is 6.54 Å². The molecule has 152 valence electrons. The van der Waals surface area contributed by atoms with Crippen LogP contribution in [0.15, 0.2) is 73.3 Å². The van der Waals surface area contributed by atoms with Crippen molar-refractivity contribution >= 4 is 5.91 Å². The summed E-state index contributed by atoms with van der Waals surface area (Å²) in [6, 6.07) is 16.0. The van der Waals surface area contributed by atoms with Gasteiger partial charge in [-0.3, -0.25) is 9.78 Å². The van der Waals surface area contributed by atoms with Gasteiger partial charge in [-0.05, 0) is 51.1 Å². The number of para-hydroxylation sites is 1. The van der Waals surface area contributed by atoms with Gasteiger partial charge in [0.2, 0.25) is 0 Å². The maximum Gasteiger partial charge on any atom is 0.253 e. The van der Waals surface area contributed by atoms with Gasteiger partial charge in [-0.1, -0.05) is 18.2 Å². The van der Waals surface area contributed by atoms with E-state index in [1.54, 1.807) is 12.4 Å². The highest BCUT2D eigenvalue weighted by atomic mass is 16.1. The molecule has 1 amide bonds. The Bertz CT molecular complexity index is 1140. The molecule has 0 saturated heterocycles. The van der Waals surface area contributed by atoms with E-state index >= 15 is 0 Å². The smallest absolute Gasteiger partial charge is 0.253 e. The molecule has 1 aromatic carbocycles. The molecule has 30 heavy (non-hydrogen) atoms. The predicted molar refractivity (Wildman–Crippen MR) is 118 cm³/mol. The quantitative estimate of drug-likeness (QED) is 0.517. The van der Waals surface area contributed by atoms with Crippen LogP contribution in [0.3, 0.4) is 0 Å². The fraction of sp³-hybridized carbons (Fsp3) is 0.208. The van der Waals surface area contributed by atoms with Crippen molar-refractivity contribution in [2.75, 3.05) is 0 Å². The SMILES string of the molecule is Cc1c(C(=O)NCc2cn(-c3ccccc3)nc2-c2ccncc2)ccn1C(C)C. The normalized spacial score (nSPS) is 11.1. The van der Waals surface area contributed by atoms with Gasteiger partial charge in [0.15, 0.2) is 0 Å². The summed E-state index contributed by atoms with van der Waals surface area (Å²) in [6.45, 7) is 6.57. The summed E-state index contributed by atoms with van der Waals surface area (Å²) in [7, 11) is 0. The number of hydrogen-bond donors (Lipinski definition) is 1.